The van der Waals surface area contributed by atoms with Crippen LogP contribution in [0.15, 0.2) is 24.3 Å². The number of benzene rings is 1. The predicted molar refractivity (Wildman–Crippen MR) is 111 cm³/mol. The van der Waals surface area contributed by atoms with Crippen LogP contribution in [0.2, 0.25) is 0 Å². The average molecular weight is 377 g/mol. The molecule has 0 bridgehead atoms. The van der Waals surface area contributed by atoms with Gasteiger partial charge in [-0.3, -0.25) is 4.79 Å². The second kappa shape index (κ2) is 11.9. The van der Waals surface area contributed by atoms with Crippen molar-refractivity contribution in [2.75, 3.05) is 7.11 Å². The lowest BCUT2D eigenvalue weighted by Gasteiger charge is -2.20. The number of carbonyl (C=O) groups excluding carboxylic acids is 1. The minimum Gasteiger partial charge on any atom is -0.469 e. The number of hydrogen-bond acceptors (Lipinski definition) is 4. The van der Waals surface area contributed by atoms with Gasteiger partial charge in [0, 0.05) is 0 Å². The summed E-state index contributed by atoms with van der Waals surface area (Å²) in [6, 6.07) is 6.59. The van der Waals surface area contributed by atoms with Gasteiger partial charge in [0.1, 0.15) is 0 Å². The molecule has 0 fully saturated rings. The number of aliphatic hydroxyl groups excluding tert-OH is 2. The van der Waals surface area contributed by atoms with Crippen LogP contribution in [0.3, 0.4) is 0 Å². The fourth-order valence-electron chi connectivity index (χ4n) is 3.36. The largest absolute Gasteiger partial charge is 0.469 e. The summed E-state index contributed by atoms with van der Waals surface area (Å²) in [6.07, 6.45) is 4.47. The van der Waals surface area contributed by atoms with E-state index in [4.69, 9.17) is 0 Å². The van der Waals surface area contributed by atoms with E-state index in [1.54, 1.807) is 0 Å². The first-order valence-corrected chi connectivity index (χ1v) is 9.99. The summed E-state index contributed by atoms with van der Waals surface area (Å²) in [4.78, 5) is 11.1. The molecule has 0 aromatic heterocycles. The van der Waals surface area contributed by atoms with Crippen molar-refractivity contribution in [2.24, 2.45) is 0 Å². The van der Waals surface area contributed by atoms with Crippen molar-refractivity contribution >= 4 is 11.5 Å². The molecule has 3 unspecified atom stereocenters. The number of methoxy groups -OCH3 is 1. The molecule has 0 heterocycles. The Labute approximate surface area is 164 Å². The molecular weight excluding hydrogens is 340 g/mol. The standard InChI is InChI=1S/C23H36O4/c1-6-7-17(3)22-14-16(2)8-13-21(22)18(4)9-10-19(24)11-12-20(25)15-23(26)27-5/h7-8,13-14,18-20,24-25H,6,9-12,15H2,1-5H3/b17-7+. The maximum absolute atomic E-state index is 11.1. The molecule has 0 radical (unpaired) electrons. The molecule has 0 aliphatic rings. The van der Waals surface area contributed by atoms with Crippen molar-refractivity contribution in [1.82, 2.24) is 0 Å². The van der Waals surface area contributed by atoms with Crippen LogP contribution in [-0.4, -0.2) is 35.5 Å². The summed E-state index contributed by atoms with van der Waals surface area (Å²) in [6.45, 7) is 8.62. The van der Waals surface area contributed by atoms with E-state index in [0.29, 0.717) is 25.2 Å². The van der Waals surface area contributed by atoms with E-state index in [0.717, 1.165) is 12.8 Å². The van der Waals surface area contributed by atoms with E-state index < -0.39 is 18.2 Å². The highest BCUT2D eigenvalue weighted by Crippen LogP contribution is 2.30. The van der Waals surface area contributed by atoms with Crippen molar-refractivity contribution < 1.29 is 19.7 Å². The van der Waals surface area contributed by atoms with Crippen LogP contribution in [0.5, 0.6) is 0 Å². The fourth-order valence-corrected chi connectivity index (χ4v) is 3.36. The monoisotopic (exact) mass is 376 g/mol. The van der Waals surface area contributed by atoms with Crippen molar-refractivity contribution in [3.8, 4) is 0 Å². The molecule has 4 nitrogen and oxygen atoms in total. The maximum atomic E-state index is 11.1. The summed E-state index contributed by atoms with van der Waals surface area (Å²) in [5.41, 5.74) is 5.17. The Hall–Kier alpha value is -1.65. The SMILES string of the molecule is CC/C=C(\C)c1cc(C)ccc1C(C)CCC(O)CCC(O)CC(=O)OC. The van der Waals surface area contributed by atoms with Gasteiger partial charge in [-0.2, -0.15) is 0 Å². The maximum Gasteiger partial charge on any atom is 0.308 e. The zero-order valence-electron chi connectivity index (χ0n) is 17.5. The molecule has 1 rings (SSSR count). The highest BCUT2D eigenvalue weighted by Gasteiger charge is 2.16. The first-order chi connectivity index (χ1) is 12.8. The molecule has 0 spiro atoms. The molecule has 27 heavy (non-hydrogen) atoms. The molecular formula is C23H36O4. The lowest BCUT2D eigenvalue weighted by Crippen LogP contribution is -2.18. The average Bonchev–Trinajstić information content (AvgIpc) is 2.64. The number of aryl methyl sites for hydroxylation is 1. The van der Waals surface area contributed by atoms with E-state index in [-0.39, 0.29) is 6.42 Å². The van der Waals surface area contributed by atoms with Crippen molar-refractivity contribution in [2.45, 2.75) is 84.3 Å². The molecule has 2 N–H and O–H groups in total. The van der Waals surface area contributed by atoms with Crippen LogP contribution >= 0.6 is 0 Å². The molecule has 0 aliphatic carbocycles. The molecule has 0 amide bonds. The van der Waals surface area contributed by atoms with Gasteiger partial charge in [0.2, 0.25) is 0 Å². The number of hydrogen-bond donors (Lipinski definition) is 2. The predicted octanol–water partition coefficient (Wildman–Crippen LogP) is 4.76. The van der Waals surface area contributed by atoms with E-state index >= 15 is 0 Å². The molecule has 0 saturated heterocycles. The molecule has 0 aliphatic heterocycles. The minimum absolute atomic E-state index is 0.0185. The van der Waals surface area contributed by atoms with Gasteiger partial charge < -0.3 is 14.9 Å². The number of ether oxygens (including phenoxy) is 1. The third-order valence-electron chi connectivity index (χ3n) is 5.07. The van der Waals surface area contributed by atoms with Gasteiger partial charge in [0.05, 0.1) is 25.7 Å². The van der Waals surface area contributed by atoms with E-state index in [1.807, 2.05) is 0 Å². The van der Waals surface area contributed by atoms with Crippen molar-refractivity contribution in [1.29, 1.82) is 0 Å². The Morgan fingerprint density at radius 1 is 1.15 bits per heavy atom. The summed E-state index contributed by atoms with van der Waals surface area (Å²) in [5, 5.41) is 20.1. The number of esters is 1. The third-order valence-corrected chi connectivity index (χ3v) is 5.07. The van der Waals surface area contributed by atoms with Gasteiger partial charge in [0.25, 0.3) is 0 Å². The first kappa shape index (κ1) is 23.4. The molecule has 4 heteroatoms. The number of aliphatic hydroxyl groups is 2. The normalized spacial score (nSPS) is 15.3. The first-order valence-electron chi connectivity index (χ1n) is 9.99. The van der Waals surface area contributed by atoms with Gasteiger partial charge in [-0.05, 0) is 68.6 Å². The number of rotatable bonds is 11. The summed E-state index contributed by atoms with van der Waals surface area (Å²) >= 11 is 0. The topological polar surface area (TPSA) is 66.8 Å². The van der Waals surface area contributed by atoms with Gasteiger partial charge >= 0.3 is 5.97 Å². The van der Waals surface area contributed by atoms with Crippen LogP contribution in [0.1, 0.15) is 81.9 Å². The van der Waals surface area contributed by atoms with Crippen molar-refractivity contribution in [3.05, 3.63) is 41.0 Å². The summed E-state index contributed by atoms with van der Waals surface area (Å²) in [5.74, 6) is -0.0801. The Balaban J connectivity index is 2.60. The van der Waals surface area contributed by atoms with Gasteiger partial charge in [-0.1, -0.05) is 43.7 Å². The lowest BCUT2D eigenvalue weighted by molar-refractivity contribution is -0.142. The van der Waals surface area contributed by atoms with Crippen LogP contribution < -0.4 is 0 Å². The second-order valence-electron chi connectivity index (χ2n) is 7.53. The molecule has 1 aromatic carbocycles. The van der Waals surface area contributed by atoms with E-state index in [9.17, 15) is 15.0 Å². The summed E-state index contributed by atoms with van der Waals surface area (Å²) < 4.78 is 4.55. The molecule has 3 atom stereocenters. The van der Waals surface area contributed by atoms with Gasteiger partial charge in [0.15, 0.2) is 0 Å². The van der Waals surface area contributed by atoms with Crippen LogP contribution in [0, 0.1) is 6.92 Å². The highest BCUT2D eigenvalue weighted by molar-refractivity contribution is 5.69. The quantitative estimate of drug-likeness (QED) is 0.547. The minimum atomic E-state index is -0.755. The Morgan fingerprint density at radius 2 is 1.78 bits per heavy atom. The van der Waals surface area contributed by atoms with E-state index in [2.05, 4.69) is 56.7 Å². The third kappa shape index (κ3) is 8.27. The Morgan fingerprint density at radius 3 is 2.41 bits per heavy atom. The Bertz CT molecular complexity index is 621. The zero-order valence-corrected chi connectivity index (χ0v) is 17.5. The van der Waals surface area contributed by atoms with Gasteiger partial charge in [-0.25, -0.2) is 0 Å². The van der Waals surface area contributed by atoms with Crippen LogP contribution in [0.4, 0.5) is 0 Å². The van der Waals surface area contributed by atoms with Crippen LogP contribution in [0.25, 0.3) is 5.57 Å². The number of allylic oxidation sites excluding steroid dienone is 2. The molecule has 1 aromatic rings. The summed E-state index contributed by atoms with van der Waals surface area (Å²) in [7, 11) is 1.31. The van der Waals surface area contributed by atoms with Crippen molar-refractivity contribution in [3.63, 3.8) is 0 Å². The molecule has 0 saturated carbocycles. The van der Waals surface area contributed by atoms with E-state index in [1.165, 1.54) is 29.4 Å². The molecule has 152 valence electrons. The zero-order chi connectivity index (χ0) is 20.4. The van der Waals surface area contributed by atoms with Gasteiger partial charge in [-0.15, -0.1) is 0 Å². The fraction of sp³-hybridized carbons (Fsp3) is 0.609. The smallest absolute Gasteiger partial charge is 0.308 e. The lowest BCUT2D eigenvalue weighted by atomic mass is 9.87. The highest BCUT2D eigenvalue weighted by atomic mass is 16.5. The van der Waals surface area contributed by atoms with Crippen LogP contribution in [-0.2, 0) is 9.53 Å². The Kier molecular flexibility index (Phi) is 10.3. The number of carbonyl (C=O) groups is 1. The second-order valence-corrected chi connectivity index (χ2v) is 7.53.